The maximum atomic E-state index is 11.5. The van der Waals surface area contributed by atoms with Crippen molar-refractivity contribution in [2.24, 2.45) is 0 Å². The average Bonchev–Trinajstić information content (AvgIpc) is 2.61. The van der Waals surface area contributed by atoms with E-state index in [0.717, 1.165) is 10.9 Å². The molecule has 5 N–H and O–H groups in total. The van der Waals surface area contributed by atoms with Gasteiger partial charge in [-0.1, -0.05) is 0 Å². The Balaban J connectivity index is 2.72. The van der Waals surface area contributed by atoms with Crippen molar-refractivity contribution in [2.45, 2.75) is 19.1 Å². The van der Waals surface area contributed by atoms with Gasteiger partial charge in [0.1, 0.15) is 0 Å². The van der Waals surface area contributed by atoms with Crippen LogP contribution in [0.1, 0.15) is 13.0 Å². The van der Waals surface area contributed by atoms with Gasteiger partial charge in [0.15, 0.2) is 17.2 Å². The summed E-state index contributed by atoms with van der Waals surface area (Å²) in [5.74, 6) is -1.41. The number of nitrogen functional groups attached to an aromatic ring is 1. The van der Waals surface area contributed by atoms with Crippen molar-refractivity contribution in [3.8, 4) is 0 Å². The fraction of sp³-hybridized carbons (Fsp3) is 0.333. The molecule has 0 amide bonds. The predicted octanol–water partition coefficient (Wildman–Crippen LogP) is -1.29. The Morgan fingerprint density at radius 2 is 2.28 bits per heavy atom. The number of fused-ring (bicyclic) bond motifs is 1. The summed E-state index contributed by atoms with van der Waals surface area (Å²) in [6, 6.07) is -1.29. The summed E-state index contributed by atoms with van der Waals surface area (Å²) in [5.41, 5.74) is 4.81. The predicted molar refractivity (Wildman–Crippen MR) is 60.9 cm³/mol. The van der Waals surface area contributed by atoms with Crippen LogP contribution in [0.5, 0.6) is 0 Å². The summed E-state index contributed by atoms with van der Waals surface area (Å²) >= 11 is 0. The van der Waals surface area contributed by atoms with Crippen LogP contribution in [0.15, 0.2) is 11.1 Å². The zero-order chi connectivity index (χ0) is 13.4. The second-order valence-electron chi connectivity index (χ2n) is 3.80. The van der Waals surface area contributed by atoms with E-state index in [1.54, 1.807) is 0 Å². The van der Waals surface area contributed by atoms with Crippen molar-refractivity contribution in [1.82, 2.24) is 19.5 Å². The molecule has 0 aliphatic carbocycles. The van der Waals surface area contributed by atoms with Crippen LogP contribution in [0.3, 0.4) is 0 Å². The van der Waals surface area contributed by atoms with Crippen LogP contribution in [0, 0.1) is 0 Å². The second kappa shape index (κ2) is 4.11. The Labute approximate surface area is 99.9 Å². The van der Waals surface area contributed by atoms with Crippen molar-refractivity contribution in [1.29, 1.82) is 0 Å². The molecule has 2 unspecified atom stereocenters. The molecular weight excluding hydrogens is 242 g/mol. The van der Waals surface area contributed by atoms with E-state index in [2.05, 4.69) is 15.0 Å². The van der Waals surface area contributed by atoms with Crippen molar-refractivity contribution in [2.75, 3.05) is 5.73 Å². The lowest BCUT2D eigenvalue weighted by Gasteiger charge is -2.16. The van der Waals surface area contributed by atoms with Gasteiger partial charge in [0.2, 0.25) is 5.95 Å². The van der Waals surface area contributed by atoms with Gasteiger partial charge in [-0.2, -0.15) is 4.98 Å². The molecule has 0 fully saturated rings. The van der Waals surface area contributed by atoms with Crippen molar-refractivity contribution >= 4 is 23.1 Å². The van der Waals surface area contributed by atoms with E-state index in [4.69, 9.17) is 10.8 Å². The fourth-order valence-corrected chi connectivity index (χ4v) is 1.70. The number of hydrogen-bond acceptors (Lipinski definition) is 6. The zero-order valence-corrected chi connectivity index (χ0v) is 9.36. The number of nitrogens with two attached hydrogens (primary N) is 1. The van der Waals surface area contributed by atoms with Gasteiger partial charge in [-0.15, -0.1) is 0 Å². The number of carboxylic acids is 1. The van der Waals surface area contributed by atoms with E-state index in [-0.39, 0.29) is 17.1 Å². The van der Waals surface area contributed by atoms with Gasteiger partial charge in [-0.25, -0.2) is 9.78 Å². The highest BCUT2D eigenvalue weighted by molar-refractivity contribution is 5.77. The van der Waals surface area contributed by atoms with Crippen molar-refractivity contribution < 1.29 is 15.0 Å². The van der Waals surface area contributed by atoms with Gasteiger partial charge in [0, 0.05) is 0 Å². The lowest BCUT2D eigenvalue weighted by atomic mass is 10.2. The van der Waals surface area contributed by atoms with Gasteiger partial charge in [0.25, 0.3) is 5.56 Å². The van der Waals surface area contributed by atoms with Crippen LogP contribution in [-0.4, -0.2) is 41.8 Å². The number of aliphatic carboxylic acids is 1. The number of aliphatic hydroxyl groups is 1. The number of aromatic nitrogens is 4. The SMILES string of the molecule is CC(O)C(C(=O)O)n1cnc2c(=O)[nH]c(N)nc21. The molecule has 18 heavy (non-hydrogen) atoms. The fourth-order valence-electron chi connectivity index (χ4n) is 1.70. The first-order valence-corrected chi connectivity index (χ1v) is 5.05. The highest BCUT2D eigenvalue weighted by Gasteiger charge is 2.27. The number of imidazole rings is 1. The van der Waals surface area contributed by atoms with Gasteiger partial charge in [-0.05, 0) is 6.92 Å². The van der Waals surface area contributed by atoms with Crippen LogP contribution >= 0.6 is 0 Å². The third-order valence-electron chi connectivity index (χ3n) is 2.46. The smallest absolute Gasteiger partial charge is 0.329 e. The lowest BCUT2D eigenvalue weighted by Crippen LogP contribution is -2.29. The van der Waals surface area contributed by atoms with E-state index in [1.807, 2.05) is 0 Å². The molecule has 2 aromatic rings. The molecule has 0 aromatic carbocycles. The Hall–Kier alpha value is -2.42. The molecule has 9 heteroatoms. The molecular formula is C9H11N5O4. The number of carbonyl (C=O) groups is 1. The molecule has 2 rings (SSSR count). The summed E-state index contributed by atoms with van der Waals surface area (Å²) in [6.07, 6.45) is -0.0417. The minimum Gasteiger partial charge on any atom is -0.480 e. The number of H-pyrrole nitrogens is 1. The zero-order valence-electron chi connectivity index (χ0n) is 9.36. The molecule has 9 nitrogen and oxygen atoms in total. The van der Waals surface area contributed by atoms with Crippen LogP contribution in [0.25, 0.3) is 11.2 Å². The molecule has 2 heterocycles. The number of anilines is 1. The molecule has 0 bridgehead atoms. The van der Waals surface area contributed by atoms with E-state index in [9.17, 15) is 14.7 Å². The molecule has 96 valence electrons. The van der Waals surface area contributed by atoms with E-state index >= 15 is 0 Å². The van der Waals surface area contributed by atoms with Crippen LogP contribution < -0.4 is 11.3 Å². The summed E-state index contributed by atoms with van der Waals surface area (Å²) in [6.45, 7) is 1.32. The maximum Gasteiger partial charge on any atom is 0.329 e. The molecule has 0 spiro atoms. The van der Waals surface area contributed by atoms with Crippen molar-refractivity contribution in [3.05, 3.63) is 16.7 Å². The quantitative estimate of drug-likeness (QED) is 0.531. The third-order valence-corrected chi connectivity index (χ3v) is 2.46. The number of hydrogen-bond donors (Lipinski definition) is 4. The highest BCUT2D eigenvalue weighted by atomic mass is 16.4. The Morgan fingerprint density at radius 3 is 2.83 bits per heavy atom. The monoisotopic (exact) mass is 253 g/mol. The Bertz CT molecular complexity index is 659. The summed E-state index contributed by atoms with van der Waals surface area (Å²) in [7, 11) is 0. The Kier molecular flexibility index (Phi) is 2.75. The number of nitrogens with zero attached hydrogens (tertiary/aromatic N) is 3. The number of aromatic amines is 1. The van der Waals surface area contributed by atoms with Crippen LogP contribution in [0.4, 0.5) is 5.95 Å². The van der Waals surface area contributed by atoms with Gasteiger partial charge >= 0.3 is 5.97 Å². The second-order valence-corrected chi connectivity index (χ2v) is 3.80. The minimum atomic E-state index is -1.29. The largest absolute Gasteiger partial charge is 0.480 e. The van der Waals surface area contributed by atoms with Crippen LogP contribution in [-0.2, 0) is 4.79 Å². The molecule has 0 aliphatic rings. The van der Waals surface area contributed by atoms with Crippen LogP contribution in [0.2, 0.25) is 0 Å². The normalized spacial score (nSPS) is 14.6. The number of rotatable bonds is 3. The first kappa shape index (κ1) is 12.0. The standard InChI is InChI=1S/C9H11N5O4/c1-3(15)5(8(17)18)14-2-11-4-6(14)12-9(10)13-7(4)16/h2-3,5,15H,1H3,(H,17,18)(H3,10,12,13,16). The summed E-state index contributed by atoms with van der Waals surface area (Å²) < 4.78 is 1.11. The number of carboxylic acid groups (broad SMARTS) is 1. The van der Waals surface area contributed by atoms with E-state index in [0.29, 0.717) is 0 Å². The first-order valence-electron chi connectivity index (χ1n) is 5.05. The van der Waals surface area contributed by atoms with E-state index in [1.165, 1.54) is 6.92 Å². The molecule has 2 atom stereocenters. The molecule has 0 saturated carbocycles. The molecule has 0 aliphatic heterocycles. The van der Waals surface area contributed by atoms with Gasteiger partial charge in [0.05, 0.1) is 12.4 Å². The highest BCUT2D eigenvalue weighted by Crippen LogP contribution is 2.17. The molecule has 0 radical (unpaired) electrons. The number of nitrogens with one attached hydrogen (secondary N) is 1. The average molecular weight is 253 g/mol. The third kappa shape index (κ3) is 1.80. The van der Waals surface area contributed by atoms with Gasteiger partial charge < -0.3 is 15.9 Å². The van der Waals surface area contributed by atoms with Gasteiger partial charge in [-0.3, -0.25) is 14.3 Å². The summed E-state index contributed by atoms with van der Waals surface area (Å²) in [4.78, 5) is 32.5. The summed E-state index contributed by atoms with van der Waals surface area (Å²) in [5, 5.41) is 18.5. The molecule has 0 saturated heterocycles. The first-order chi connectivity index (χ1) is 8.41. The topological polar surface area (TPSA) is 147 Å². The minimum absolute atomic E-state index is 0.0181. The van der Waals surface area contributed by atoms with E-state index < -0.39 is 23.7 Å². The lowest BCUT2D eigenvalue weighted by molar-refractivity contribution is -0.144. The number of aliphatic hydroxyl groups excluding tert-OH is 1. The molecule has 2 aromatic heterocycles. The Morgan fingerprint density at radius 1 is 1.61 bits per heavy atom. The van der Waals surface area contributed by atoms with Crippen molar-refractivity contribution in [3.63, 3.8) is 0 Å². The maximum absolute atomic E-state index is 11.5.